The maximum Gasteiger partial charge on any atom is 0.224 e. The summed E-state index contributed by atoms with van der Waals surface area (Å²) in [6.45, 7) is 9.82. The summed E-state index contributed by atoms with van der Waals surface area (Å²) < 4.78 is 0. The molecule has 1 aromatic heterocycles. The minimum absolute atomic E-state index is 0.0595. The summed E-state index contributed by atoms with van der Waals surface area (Å²) in [5, 5.41) is 3.22. The number of aryl methyl sites for hydroxylation is 1. The molecule has 146 valence electrons. The maximum absolute atomic E-state index is 12.5. The molecule has 0 radical (unpaired) electrons. The molecule has 5 nitrogen and oxygen atoms in total. The first-order valence-corrected chi connectivity index (χ1v) is 9.94. The molecule has 0 spiro atoms. The molecule has 27 heavy (non-hydrogen) atoms. The molecule has 1 aromatic carbocycles. The minimum atomic E-state index is -0.0595. The molecule has 0 saturated carbocycles. The van der Waals surface area contributed by atoms with Crippen LogP contribution in [0.2, 0.25) is 5.15 Å². The smallest absolute Gasteiger partial charge is 0.224 e. The van der Waals surface area contributed by atoms with E-state index in [1.54, 1.807) is 6.92 Å². The number of benzene rings is 1. The van der Waals surface area contributed by atoms with Gasteiger partial charge < -0.3 is 10.2 Å². The van der Waals surface area contributed by atoms with Crippen LogP contribution in [0.5, 0.6) is 0 Å². The number of hydrogen-bond acceptors (Lipinski definition) is 4. The SMILES string of the molecule is CCCN(CCCC(=O)Nc1c(Cl)nc(C)nc1C(C)C)c1ccccc1. The highest BCUT2D eigenvalue weighted by Crippen LogP contribution is 2.28. The molecule has 0 bridgehead atoms. The number of carbonyl (C=O) groups is 1. The number of para-hydroxylation sites is 1. The summed E-state index contributed by atoms with van der Waals surface area (Å²) in [5.74, 6) is 0.702. The largest absolute Gasteiger partial charge is 0.372 e. The molecular formula is C21H29ClN4O. The zero-order valence-electron chi connectivity index (χ0n) is 16.6. The number of rotatable bonds is 9. The van der Waals surface area contributed by atoms with Crippen molar-refractivity contribution in [3.05, 3.63) is 47.0 Å². The van der Waals surface area contributed by atoms with E-state index in [1.165, 1.54) is 5.69 Å². The van der Waals surface area contributed by atoms with Gasteiger partial charge in [-0.25, -0.2) is 9.97 Å². The summed E-state index contributed by atoms with van der Waals surface area (Å²) in [4.78, 5) is 23.4. The third-order valence-electron chi connectivity index (χ3n) is 4.26. The first kappa shape index (κ1) is 21.2. The van der Waals surface area contributed by atoms with Gasteiger partial charge in [-0.15, -0.1) is 0 Å². The molecule has 0 unspecified atom stereocenters. The monoisotopic (exact) mass is 388 g/mol. The van der Waals surface area contributed by atoms with Gasteiger partial charge in [-0.3, -0.25) is 4.79 Å². The number of nitrogens with one attached hydrogen (secondary N) is 1. The summed E-state index contributed by atoms with van der Waals surface area (Å²) >= 11 is 6.25. The first-order chi connectivity index (χ1) is 12.9. The number of carbonyl (C=O) groups excluding carboxylic acids is 1. The molecule has 1 heterocycles. The van der Waals surface area contributed by atoms with E-state index < -0.39 is 0 Å². The quantitative estimate of drug-likeness (QED) is 0.600. The van der Waals surface area contributed by atoms with Gasteiger partial charge in [0.25, 0.3) is 0 Å². The molecular weight excluding hydrogens is 360 g/mol. The van der Waals surface area contributed by atoms with Crippen molar-refractivity contribution in [1.82, 2.24) is 9.97 Å². The second-order valence-corrected chi connectivity index (χ2v) is 7.31. The van der Waals surface area contributed by atoms with Crippen LogP contribution in [-0.2, 0) is 4.79 Å². The fourth-order valence-electron chi connectivity index (χ4n) is 3.00. The number of hydrogen-bond donors (Lipinski definition) is 1. The highest BCUT2D eigenvalue weighted by Gasteiger charge is 2.17. The van der Waals surface area contributed by atoms with E-state index in [-0.39, 0.29) is 11.8 Å². The molecule has 0 aliphatic rings. The average Bonchev–Trinajstić information content (AvgIpc) is 2.63. The third kappa shape index (κ3) is 6.21. The summed E-state index contributed by atoms with van der Waals surface area (Å²) in [7, 11) is 0. The van der Waals surface area contributed by atoms with Crippen LogP contribution >= 0.6 is 11.6 Å². The summed E-state index contributed by atoms with van der Waals surface area (Å²) in [6, 6.07) is 10.3. The van der Waals surface area contributed by atoms with Crippen molar-refractivity contribution < 1.29 is 4.79 Å². The van der Waals surface area contributed by atoms with E-state index in [0.29, 0.717) is 23.1 Å². The van der Waals surface area contributed by atoms with Crippen molar-refractivity contribution in [2.45, 2.75) is 52.9 Å². The number of anilines is 2. The number of amides is 1. The van der Waals surface area contributed by atoms with Gasteiger partial charge in [0.15, 0.2) is 5.15 Å². The zero-order chi connectivity index (χ0) is 19.8. The molecule has 0 aliphatic carbocycles. The molecule has 1 N–H and O–H groups in total. The first-order valence-electron chi connectivity index (χ1n) is 9.56. The molecule has 1 amide bonds. The highest BCUT2D eigenvalue weighted by atomic mass is 35.5. The van der Waals surface area contributed by atoms with Gasteiger partial charge >= 0.3 is 0 Å². The minimum Gasteiger partial charge on any atom is -0.372 e. The Morgan fingerprint density at radius 1 is 1.19 bits per heavy atom. The van der Waals surface area contributed by atoms with Gasteiger partial charge in [0.1, 0.15) is 11.5 Å². The maximum atomic E-state index is 12.5. The van der Waals surface area contributed by atoms with E-state index >= 15 is 0 Å². The molecule has 0 saturated heterocycles. The lowest BCUT2D eigenvalue weighted by Crippen LogP contribution is -2.26. The van der Waals surface area contributed by atoms with E-state index in [4.69, 9.17) is 11.6 Å². The van der Waals surface area contributed by atoms with Crippen molar-refractivity contribution in [2.24, 2.45) is 0 Å². The zero-order valence-corrected chi connectivity index (χ0v) is 17.4. The Balaban J connectivity index is 1.96. The van der Waals surface area contributed by atoms with E-state index in [0.717, 1.165) is 31.6 Å². The molecule has 0 fully saturated rings. The van der Waals surface area contributed by atoms with Gasteiger partial charge in [-0.1, -0.05) is 50.6 Å². The number of nitrogens with zero attached hydrogens (tertiary/aromatic N) is 3. The molecule has 0 aliphatic heterocycles. The number of aromatic nitrogens is 2. The number of halogens is 1. The van der Waals surface area contributed by atoms with Gasteiger partial charge in [-0.05, 0) is 37.8 Å². The normalized spacial score (nSPS) is 10.9. The van der Waals surface area contributed by atoms with Crippen LogP contribution in [0.4, 0.5) is 11.4 Å². The van der Waals surface area contributed by atoms with E-state index in [2.05, 4.69) is 39.2 Å². The summed E-state index contributed by atoms with van der Waals surface area (Å²) in [6.07, 6.45) is 2.26. The highest BCUT2D eigenvalue weighted by molar-refractivity contribution is 6.32. The molecule has 2 aromatic rings. The van der Waals surface area contributed by atoms with Crippen molar-refractivity contribution >= 4 is 28.9 Å². The van der Waals surface area contributed by atoms with Gasteiger partial charge in [0.05, 0.1) is 5.69 Å². The Morgan fingerprint density at radius 2 is 1.89 bits per heavy atom. The van der Waals surface area contributed by atoms with E-state index in [9.17, 15) is 4.79 Å². The third-order valence-corrected chi connectivity index (χ3v) is 4.54. The lowest BCUT2D eigenvalue weighted by molar-refractivity contribution is -0.116. The van der Waals surface area contributed by atoms with E-state index in [1.807, 2.05) is 32.0 Å². The van der Waals surface area contributed by atoms with Crippen LogP contribution < -0.4 is 10.2 Å². The fraction of sp³-hybridized carbons (Fsp3) is 0.476. The Kier molecular flexibility index (Phi) is 8.04. The lowest BCUT2D eigenvalue weighted by atomic mass is 10.1. The van der Waals surface area contributed by atoms with Gasteiger partial charge in [0, 0.05) is 25.2 Å². The van der Waals surface area contributed by atoms with Gasteiger partial charge in [-0.2, -0.15) is 0 Å². The standard InChI is InChI=1S/C21H29ClN4O/c1-5-13-26(17-10-7-6-8-11-17)14-9-12-18(27)25-20-19(15(2)3)23-16(4)24-21(20)22/h6-8,10-11,15H,5,9,12-14H2,1-4H3,(H,25,27). The Hall–Kier alpha value is -2.14. The second kappa shape index (κ2) is 10.3. The fourth-order valence-corrected chi connectivity index (χ4v) is 3.27. The van der Waals surface area contributed by atoms with Crippen molar-refractivity contribution in [3.63, 3.8) is 0 Å². The predicted molar refractivity (Wildman–Crippen MR) is 113 cm³/mol. The Labute approximate surface area is 167 Å². The Bertz CT molecular complexity index is 749. The molecule has 0 atom stereocenters. The molecule has 2 rings (SSSR count). The van der Waals surface area contributed by atoms with Crippen LogP contribution in [0.25, 0.3) is 0 Å². The van der Waals surface area contributed by atoms with Crippen LogP contribution in [-0.4, -0.2) is 29.0 Å². The van der Waals surface area contributed by atoms with Crippen LogP contribution in [0.1, 0.15) is 57.5 Å². The molecule has 6 heteroatoms. The second-order valence-electron chi connectivity index (χ2n) is 6.95. The summed E-state index contributed by atoms with van der Waals surface area (Å²) in [5.41, 5.74) is 2.50. The van der Waals surface area contributed by atoms with Crippen LogP contribution in [0, 0.1) is 6.92 Å². The van der Waals surface area contributed by atoms with Crippen molar-refractivity contribution in [3.8, 4) is 0 Å². The van der Waals surface area contributed by atoms with Crippen molar-refractivity contribution in [2.75, 3.05) is 23.3 Å². The topological polar surface area (TPSA) is 58.1 Å². The van der Waals surface area contributed by atoms with Crippen molar-refractivity contribution in [1.29, 1.82) is 0 Å². The van der Waals surface area contributed by atoms with Crippen LogP contribution in [0.3, 0.4) is 0 Å². The van der Waals surface area contributed by atoms with Gasteiger partial charge in [0.2, 0.25) is 5.91 Å². The van der Waals surface area contributed by atoms with Crippen LogP contribution in [0.15, 0.2) is 30.3 Å². The Morgan fingerprint density at radius 3 is 2.52 bits per heavy atom. The lowest BCUT2D eigenvalue weighted by Gasteiger charge is -2.24. The predicted octanol–water partition coefficient (Wildman–Crippen LogP) is 5.20. The average molecular weight is 389 g/mol.